The lowest BCUT2D eigenvalue weighted by Crippen LogP contribution is -2.07. The average Bonchev–Trinajstić information content (AvgIpc) is 2.95. The fourth-order valence-electron chi connectivity index (χ4n) is 2.47. The molecule has 3 rings (SSSR count). The third-order valence-corrected chi connectivity index (χ3v) is 3.96. The molecule has 0 spiro atoms. The Labute approximate surface area is 127 Å². The Kier molecular flexibility index (Phi) is 3.68. The summed E-state index contributed by atoms with van der Waals surface area (Å²) in [5, 5.41) is 4.25. The minimum atomic E-state index is -0.260. The molecule has 0 atom stereocenters. The van der Waals surface area contributed by atoms with E-state index in [9.17, 15) is 4.39 Å². The van der Waals surface area contributed by atoms with Crippen LogP contribution in [0.25, 0.3) is 11.0 Å². The lowest BCUT2D eigenvalue weighted by Gasteiger charge is -2.08. The molecule has 3 aromatic rings. The van der Waals surface area contributed by atoms with Crippen molar-refractivity contribution in [3.05, 3.63) is 47.3 Å². The number of imidazole rings is 1. The second-order valence-corrected chi connectivity index (χ2v) is 5.44. The molecule has 21 heavy (non-hydrogen) atoms. The van der Waals surface area contributed by atoms with Crippen LogP contribution >= 0.6 is 11.6 Å². The molecule has 6 heteroatoms. The van der Waals surface area contributed by atoms with Gasteiger partial charge in [0.2, 0.25) is 0 Å². The van der Waals surface area contributed by atoms with Gasteiger partial charge in [-0.1, -0.05) is 0 Å². The van der Waals surface area contributed by atoms with E-state index >= 15 is 0 Å². The number of aromatic nitrogens is 4. The largest absolute Gasteiger partial charge is 0.323 e. The Morgan fingerprint density at radius 3 is 2.81 bits per heavy atom. The van der Waals surface area contributed by atoms with Gasteiger partial charge in [-0.25, -0.2) is 9.37 Å². The van der Waals surface area contributed by atoms with Crippen LogP contribution in [0.5, 0.6) is 0 Å². The Balaban J connectivity index is 2.12. The highest BCUT2D eigenvalue weighted by atomic mass is 35.5. The zero-order valence-corrected chi connectivity index (χ0v) is 12.7. The molecule has 4 nitrogen and oxygen atoms in total. The summed E-state index contributed by atoms with van der Waals surface area (Å²) in [5.41, 5.74) is 3.76. The quantitative estimate of drug-likeness (QED) is 0.695. The lowest BCUT2D eigenvalue weighted by molar-refractivity contribution is 0.628. The van der Waals surface area contributed by atoms with Crippen LogP contribution in [0.1, 0.15) is 17.1 Å². The number of halogens is 2. The zero-order chi connectivity index (χ0) is 15.0. The molecule has 0 aliphatic carbocycles. The van der Waals surface area contributed by atoms with Gasteiger partial charge in [-0.2, -0.15) is 5.10 Å². The van der Waals surface area contributed by atoms with E-state index in [-0.39, 0.29) is 5.82 Å². The van der Waals surface area contributed by atoms with Gasteiger partial charge in [0.25, 0.3) is 0 Å². The number of aryl methyl sites for hydroxylation is 2. The maximum atomic E-state index is 13.6. The summed E-state index contributed by atoms with van der Waals surface area (Å²) < 4.78 is 17.4. The molecule has 0 saturated heterocycles. The van der Waals surface area contributed by atoms with Gasteiger partial charge in [0.05, 0.1) is 23.8 Å². The van der Waals surface area contributed by atoms with Crippen LogP contribution in [0.15, 0.2) is 24.4 Å². The van der Waals surface area contributed by atoms with Crippen LogP contribution in [0.4, 0.5) is 4.39 Å². The first-order chi connectivity index (χ1) is 10.1. The maximum absolute atomic E-state index is 13.6. The highest BCUT2D eigenvalue weighted by molar-refractivity contribution is 6.17. The molecule has 0 N–H and O–H groups in total. The summed E-state index contributed by atoms with van der Waals surface area (Å²) in [6.45, 7) is 2.63. The number of nitrogens with zero attached hydrogens (tertiary/aromatic N) is 4. The molecule has 0 saturated carbocycles. The molecule has 2 aromatic heterocycles. The first kappa shape index (κ1) is 14.1. The third kappa shape index (κ3) is 2.53. The molecular weight excluding hydrogens is 291 g/mol. The van der Waals surface area contributed by atoms with Gasteiger partial charge in [-0.05, 0) is 25.1 Å². The summed E-state index contributed by atoms with van der Waals surface area (Å²) >= 11 is 5.86. The first-order valence-electron chi connectivity index (χ1n) is 6.78. The summed E-state index contributed by atoms with van der Waals surface area (Å²) in [6.07, 6.45) is 2.49. The molecule has 0 unspecified atom stereocenters. The smallest absolute Gasteiger partial charge is 0.125 e. The third-order valence-electron chi connectivity index (χ3n) is 3.77. The predicted molar refractivity (Wildman–Crippen MR) is 81.2 cm³/mol. The standard InChI is InChI=1S/C15H16ClFN4/c1-10-11(8-18-20(10)2)9-21-14-7-12(17)3-4-13(14)19-15(21)5-6-16/h3-4,7-8H,5-6,9H2,1-2H3. The first-order valence-corrected chi connectivity index (χ1v) is 7.31. The highest BCUT2D eigenvalue weighted by Crippen LogP contribution is 2.21. The highest BCUT2D eigenvalue weighted by Gasteiger charge is 2.13. The van der Waals surface area contributed by atoms with Crippen molar-refractivity contribution < 1.29 is 4.39 Å². The van der Waals surface area contributed by atoms with E-state index in [4.69, 9.17) is 11.6 Å². The van der Waals surface area contributed by atoms with Crippen molar-refractivity contribution in [3.63, 3.8) is 0 Å². The number of benzene rings is 1. The monoisotopic (exact) mass is 306 g/mol. The van der Waals surface area contributed by atoms with E-state index in [0.717, 1.165) is 28.1 Å². The summed E-state index contributed by atoms with van der Waals surface area (Å²) in [7, 11) is 1.91. The van der Waals surface area contributed by atoms with Crippen LogP contribution in [0.2, 0.25) is 0 Å². The molecular formula is C15H16ClFN4. The molecule has 0 fully saturated rings. The van der Waals surface area contributed by atoms with Crippen LogP contribution in [0, 0.1) is 12.7 Å². The van der Waals surface area contributed by atoms with E-state index in [0.29, 0.717) is 18.8 Å². The van der Waals surface area contributed by atoms with Gasteiger partial charge < -0.3 is 4.57 Å². The van der Waals surface area contributed by atoms with Crippen molar-refractivity contribution in [1.82, 2.24) is 19.3 Å². The molecule has 0 aliphatic rings. The molecule has 110 valence electrons. The molecule has 0 radical (unpaired) electrons. The van der Waals surface area contributed by atoms with Gasteiger partial charge in [0, 0.05) is 30.6 Å². The van der Waals surface area contributed by atoms with Gasteiger partial charge in [0.1, 0.15) is 11.6 Å². The minimum Gasteiger partial charge on any atom is -0.323 e. The second kappa shape index (κ2) is 5.48. The average molecular weight is 307 g/mol. The van der Waals surface area contributed by atoms with E-state index in [1.54, 1.807) is 6.07 Å². The molecule has 0 bridgehead atoms. The summed E-state index contributed by atoms with van der Waals surface area (Å²) in [6, 6.07) is 4.65. The molecule has 1 aromatic carbocycles. The number of rotatable bonds is 4. The molecule has 0 aliphatic heterocycles. The molecule has 2 heterocycles. The Hall–Kier alpha value is -1.88. The van der Waals surface area contributed by atoms with Crippen LogP contribution < -0.4 is 0 Å². The number of fused-ring (bicyclic) bond motifs is 1. The molecule has 0 amide bonds. The summed E-state index contributed by atoms with van der Waals surface area (Å²) in [4.78, 5) is 4.56. The topological polar surface area (TPSA) is 35.6 Å². The fraction of sp³-hybridized carbons (Fsp3) is 0.333. The second-order valence-electron chi connectivity index (χ2n) is 5.07. The van der Waals surface area contributed by atoms with Crippen molar-refractivity contribution in [1.29, 1.82) is 0 Å². The van der Waals surface area contributed by atoms with E-state index in [2.05, 4.69) is 10.1 Å². The Bertz CT molecular complexity index is 790. The minimum absolute atomic E-state index is 0.260. The number of hydrogen-bond donors (Lipinski definition) is 0. The van der Waals surface area contributed by atoms with E-state index < -0.39 is 0 Å². The Morgan fingerprint density at radius 2 is 2.14 bits per heavy atom. The van der Waals surface area contributed by atoms with Crippen molar-refractivity contribution in [2.24, 2.45) is 7.05 Å². The number of alkyl halides is 1. The van der Waals surface area contributed by atoms with Gasteiger partial charge in [-0.15, -0.1) is 11.6 Å². The Morgan fingerprint density at radius 1 is 1.33 bits per heavy atom. The van der Waals surface area contributed by atoms with E-state index in [1.807, 2.05) is 29.4 Å². The van der Waals surface area contributed by atoms with Gasteiger partial charge in [-0.3, -0.25) is 4.68 Å². The van der Waals surface area contributed by atoms with E-state index in [1.165, 1.54) is 12.1 Å². The van der Waals surface area contributed by atoms with Gasteiger partial charge in [0.15, 0.2) is 0 Å². The van der Waals surface area contributed by atoms with Crippen molar-refractivity contribution in [3.8, 4) is 0 Å². The SMILES string of the molecule is Cc1c(Cn2c(CCCl)nc3ccc(F)cc32)cnn1C. The maximum Gasteiger partial charge on any atom is 0.125 e. The zero-order valence-electron chi connectivity index (χ0n) is 12.0. The van der Waals surface area contributed by atoms with Gasteiger partial charge >= 0.3 is 0 Å². The van der Waals surface area contributed by atoms with Crippen molar-refractivity contribution in [2.75, 3.05) is 5.88 Å². The number of hydrogen-bond acceptors (Lipinski definition) is 2. The predicted octanol–water partition coefficient (Wildman–Crippen LogP) is 3.05. The van der Waals surface area contributed by atoms with Crippen molar-refractivity contribution >= 4 is 22.6 Å². The van der Waals surface area contributed by atoms with Crippen LogP contribution in [0.3, 0.4) is 0 Å². The van der Waals surface area contributed by atoms with Crippen LogP contribution in [-0.2, 0) is 20.0 Å². The normalized spacial score (nSPS) is 11.4. The summed E-state index contributed by atoms with van der Waals surface area (Å²) in [5.74, 6) is 1.09. The fourth-order valence-corrected chi connectivity index (χ4v) is 2.64. The lowest BCUT2D eigenvalue weighted by atomic mass is 10.2. The van der Waals surface area contributed by atoms with Crippen molar-refractivity contribution in [2.45, 2.75) is 19.9 Å². The van der Waals surface area contributed by atoms with Crippen LogP contribution in [-0.4, -0.2) is 25.2 Å².